The van der Waals surface area contributed by atoms with Crippen LogP contribution in [0.4, 0.5) is 5.82 Å². The number of pyridine rings is 1. The molecule has 0 aromatic carbocycles. The van der Waals surface area contributed by atoms with Crippen molar-refractivity contribution in [2.45, 2.75) is 45.8 Å². The summed E-state index contributed by atoms with van der Waals surface area (Å²) in [5.74, 6) is 1.13. The molecule has 21 heavy (non-hydrogen) atoms. The number of rotatable bonds is 7. The first-order valence-electron chi connectivity index (χ1n) is 7.74. The first kappa shape index (κ1) is 14.5. The summed E-state index contributed by atoms with van der Waals surface area (Å²) in [5.41, 5.74) is 2.44. The maximum absolute atomic E-state index is 4.86. The molecule has 0 bridgehead atoms. The van der Waals surface area contributed by atoms with Crippen LogP contribution in [0.3, 0.4) is 0 Å². The zero-order valence-electron chi connectivity index (χ0n) is 12.8. The van der Waals surface area contributed by atoms with E-state index in [4.69, 9.17) is 4.98 Å². The average molecular weight is 301 g/mol. The van der Waals surface area contributed by atoms with Gasteiger partial charge in [-0.15, -0.1) is 11.3 Å². The molecule has 0 saturated heterocycles. The van der Waals surface area contributed by atoms with E-state index >= 15 is 0 Å². The highest BCUT2D eigenvalue weighted by molar-refractivity contribution is 7.09. The van der Waals surface area contributed by atoms with Crippen molar-refractivity contribution >= 4 is 17.2 Å². The minimum absolute atomic E-state index is 0.679. The second-order valence-electron chi connectivity index (χ2n) is 5.63. The van der Waals surface area contributed by atoms with Gasteiger partial charge in [0.25, 0.3) is 0 Å². The number of aryl methyl sites for hydroxylation is 1. The Hall–Kier alpha value is -1.39. The predicted octanol–water partition coefficient (Wildman–Crippen LogP) is 3.73. The van der Waals surface area contributed by atoms with Crippen molar-refractivity contribution in [3.05, 3.63) is 45.8 Å². The van der Waals surface area contributed by atoms with Crippen LogP contribution >= 0.6 is 11.3 Å². The summed E-state index contributed by atoms with van der Waals surface area (Å²) in [6.45, 7) is 7.14. The van der Waals surface area contributed by atoms with Crippen molar-refractivity contribution in [1.29, 1.82) is 0 Å². The Bertz CT molecular complexity index is 576. The molecular weight excluding hydrogens is 278 g/mol. The summed E-state index contributed by atoms with van der Waals surface area (Å²) in [6, 6.07) is 9.43. The monoisotopic (exact) mass is 301 g/mol. The Morgan fingerprint density at radius 3 is 2.81 bits per heavy atom. The first-order chi connectivity index (χ1) is 10.3. The van der Waals surface area contributed by atoms with E-state index in [1.54, 1.807) is 0 Å². The van der Waals surface area contributed by atoms with E-state index < -0.39 is 0 Å². The molecule has 1 aliphatic carbocycles. The summed E-state index contributed by atoms with van der Waals surface area (Å²) < 4.78 is 0. The Morgan fingerprint density at radius 1 is 1.33 bits per heavy atom. The minimum Gasteiger partial charge on any atom is -0.348 e. The van der Waals surface area contributed by atoms with E-state index in [-0.39, 0.29) is 0 Å². The average Bonchev–Trinajstić information content (AvgIpc) is 3.20. The predicted molar refractivity (Wildman–Crippen MR) is 89.9 cm³/mol. The second kappa shape index (κ2) is 6.58. The summed E-state index contributed by atoms with van der Waals surface area (Å²) in [6.07, 6.45) is 2.59. The Kier molecular flexibility index (Phi) is 4.56. The molecule has 0 aliphatic heterocycles. The third-order valence-corrected chi connectivity index (χ3v) is 4.80. The van der Waals surface area contributed by atoms with Gasteiger partial charge in [0.2, 0.25) is 0 Å². The summed E-state index contributed by atoms with van der Waals surface area (Å²) >= 11 is 1.83. The van der Waals surface area contributed by atoms with Crippen molar-refractivity contribution in [3.8, 4) is 0 Å². The summed E-state index contributed by atoms with van der Waals surface area (Å²) in [7, 11) is 0. The van der Waals surface area contributed by atoms with Crippen LogP contribution in [-0.2, 0) is 13.1 Å². The van der Waals surface area contributed by atoms with Crippen molar-refractivity contribution in [2.75, 3.05) is 11.4 Å². The molecule has 0 radical (unpaired) electrons. The number of aromatic nitrogens is 1. The molecule has 1 saturated carbocycles. The summed E-state index contributed by atoms with van der Waals surface area (Å²) in [5, 5.41) is 5.52. The van der Waals surface area contributed by atoms with Crippen LogP contribution in [0, 0.1) is 6.92 Å². The van der Waals surface area contributed by atoms with Gasteiger partial charge in [0, 0.05) is 23.2 Å². The van der Waals surface area contributed by atoms with E-state index in [9.17, 15) is 0 Å². The van der Waals surface area contributed by atoms with Gasteiger partial charge in [-0.25, -0.2) is 4.98 Å². The molecule has 3 rings (SSSR count). The quantitative estimate of drug-likeness (QED) is 0.844. The number of nitrogens with one attached hydrogen (secondary N) is 1. The second-order valence-corrected chi connectivity index (χ2v) is 6.66. The molecule has 2 aromatic rings. The summed E-state index contributed by atoms with van der Waals surface area (Å²) in [4.78, 5) is 8.74. The van der Waals surface area contributed by atoms with Gasteiger partial charge in [-0.05, 0) is 49.4 Å². The molecule has 2 aromatic heterocycles. The number of thiophene rings is 1. The number of anilines is 1. The lowest BCUT2D eigenvalue weighted by molar-refractivity contribution is 0.716. The molecule has 0 amide bonds. The Balaban J connectivity index is 1.77. The van der Waals surface area contributed by atoms with Gasteiger partial charge in [0.15, 0.2) is 0 Å². The van der Waals surface area contributed by atoms with Gasteiger partial charge >= 0.3 is 0 Å². The van der Waals surface area contributed by atoms with Gasteiger partial charge in [-0.1, -0.05) is 19.1 Å². The fourth-order valence-corrected chi connectivity index (χ4v) is 3.24. The van der Waals surface area contributed by atoms with Gasteiger partial charge in [0.05, 0.1) is 6.54 Å². The maximum atomic E-state index is 4.86. The SMILES string of the molecule is CCNCc1ccc(N(Cc2cccs2)C2CC2)nc1C. The zero-order valence-corrected chi connectivity index (χ0v) is 13.6. The topological polar surface area (TPSA) is 28.2 Å². The highest BCUT2D eigenvalue weighted by atomic mass is 32.1. The smallest absolute Gasteiger partial charge is 0.129 e. The molecule has 2 heterocycles. The normalized spacial score (nSPS) is 14.4. The Labute approximate surface area is 131 Å². The van der Waals surface area contributed by atoms with Crippen molar-refractivity contribution in [3.63, 3.8) is 0 Å². The molecule has 112 valence electrons. The Morgan fingerprint density at radius 2 is 2.19 bits per heavy atom. The van der Waals surface area contributed by atoms with E-state index in [0.29, 0.717) is 6.04 Å². The van der Waals surface area contributed by atoms with E-state index in [1.165, 1.54) is 23.3 Å². The molecule has 1 N–H and O–H groups in total. The van der Waals surface area contributed by atoms with Gasteiger partial charge in [-0.2, -0.15) is 0 Å². The van der Waals surface area contributed by atoms with E-state index in [0.717, 1.165) is 31.1 Å². The molecule has 0 unspecified atom stereocenters. The molecular formula is C17H23N3S. The van der Waals surface area contributed by atoms with Crippen LogP contribution in [0.15, 0.2) is 29.6 Å². The number of hydrogen-bond donors (Lipinski definition) is 1. The fourth-order valence-electron chi connectivity index (χ4n) is 2.54. The third kappa shape index (κ3) is 3.63. The first-order valence-corrected chi connectivity index (χ1v) is 8.62. The third-order valence-electron chi connectivity index (χ3n) is 3.93. The van der Waals surface area contributed by atoms with Gasteiger partial charge in [-0.3, -0.25) is 0 Å². The lowest BCUT2D eigenvalue weighted by atomic mass is 10.2. The molecule has 0 atom stereocenters. The van der Waals surface area contributed by atoms with Gasteiger partial charge in [0.1, 0.15) is 5.82 Å². The van der Waals surface area contributed by atoms with Crippen molar-refractivity contribution in [1.82, 2.24) is 10.3 Å². The zero-order chi connectivity index (χ0) is 14.7. The van der Waals surface area contributed by atoms with Crippen LogP contribution in [0.1, 0.15) is 35.9 Å². The number of hydrogen-bond acceptors (Lipinski definition) is 4. The van der Waals surface area contributed by atoms with Crippen LogP contribution < -0.4 is 10.2 Å². The fraction of sp³-hybridized carbons (Fsp3) is 0.471. The van der Waals surface area contributed by atoms with Crippen LogP contribution in [0.25, 0.3) is 0 Å². The molecule has 0 spiro atoms. The molecule has 4 heteroatoms. The highest BCUT2D eigenvalue weighted by Crippen LogP contribution is 2.33. The van der Waals surface area contributed by atoms with Crippen molar-refractivity contribution < 1.29 is 0 Å². The lowest BCUT2D eigenvalue weighted by Crippen LogP contribution is -2.26. The van der Waals surface area contributed by atoms with Crippen LogP contribution in [-0.4, -0.2) is 17.6 Å². The van der Waals surface area contributed by atoms with E-state index in [2.05, 4.69) is 53.7 Å². The number of nitrogens with zero attached hydrogens (tertiary/aromatic N) is 2. The molecule has 1 fully saturated rings. The lowest BCUT2D eigenvalue weighted by Gasteiger charge is -2.24. The highest BCUT2D eigenvalue weighted by Gasteiger charge is 2.30. The standard InChI is InChI=1S/C17H23N3S/c1-3-18-11-14-6-9-17(19-13(14)2)20(15-7-8-15)12-16-5-4-10-21-16/h4-6,9-10,15,18H,3,7-8,11-12H2,1-2H3. The minimum atomic E-state index is 0.679. The molecule has 1 aliphatic rings. The van der Waals surface area contributed by atoms with Crippen LogP contribution in [0.5, 0.6) is 0 Å². The van der Waals surface area contributed by atoms with Crippen molar-refractivity contribution in [2.24, 2.45) is 0 Å². The maximum Gasteiger partial charge on any atom is 0.129 e. The molecule has 3 nitrogen and oxygen atoms in total. The largest absolute Gasteiger partial charge is 0.348 e. The van der Waals surface area contributed by atoms with E-state index in [1.807, 2.05) is 11.3 Å². The van der Waals surface area contributed by atoms with Crippen LogP contribution in [0.2, 0.25) is 0 Å². The van der Waals surface area contributed by atoms with Gasteiger partial charge < -0.3 is 10.2 Å².